The number of hydrogen-bond donors (Lipinski definition) is 1. The van der Waals surface area contributed by atoms with Crippen molar-refractivity contribution in [2.45, 2.75) is 44.1 Å². The van der Waals surface area contributed by atoms with Crippen molar-refractivity contribution in [3.05, 3.63) is 29.6 Å². The maximum Gasteiger partial charge on any atom is 0.267 e. The monoisotopic (exact) mass is 343 g/mol. The summed E-state index contributed by atoms with van der Waals surface area (Å²) in [7, 11) is 1.83. The first-order valence-corrected chi connectivity index (χ1v) is 9.67. The zero-order valence-electron chi connectivity index (χ0n) is 15.1. The lowest BCUT2D eigenvalue weighted by atomic mass is 9.62. The highest BCUT2D eigenvalue weighted by Gasteiger charge is 2.53. The van der Waals surface area contributed by atoms with Gasteiger partial charge in [0.1, 0.15) is 11.3 Å². The van der Waals surface area contributed by atoms with Gasteiger partial charge in [-0.2, -0.15) is 0 Å². The third-order valence-corrected chi connectivity index (χ3v) is 6.63. The molecule has 2 bridgehead atoms. The number of nitrogens with two attached hydrogens (primary N) is 1. The van der Waals surface area contributed by atoms with Crippen LogP contribution in [0.4, 0.5) is 0 Å². The number of hydrogen-bond acceptors (Lipinski definition) is 4. The molecule has 25 heavy (non-hydrogen) atoms. The van der Waals surface area contributed by atoms with E-state index in [0.717, 1.165) is 24.6 Å². The Bertz CT molecular complexity index is 630. The predicted molar refractivity (Wildman–Crippen MR) is 96.1 cm³/mol. The lowest BCUT2D eigenvalue weighted by molar-refractivity contribution is -0.169. The first-order valence-electron chi connectivity index (χ1n) is 9.67. The smallest absolute Gasteiger partial charge is 0.267 e. The fourth-order valence-electron chi connectivity index (χ4n) is 5.21. The first kappa shape index (κ1) is 17.0. The SMILES string of the molecule is COC1(c2ccnc(C(N)=O)c2)C2CCCC1CN(CCC1CC1)C2. The molecule has 1 aromatic heterocycles. The highest BCUT2D eigenvalue weighted by atomic mass is 16.5. The maximum atomic E-state index is 11.6. The van der Waals surface area contributed by atoms with Crippen molar-refractivity contribution in [3.63, 3.8) is 0 Å². The van der Waals surface area contributed by atoms with Crippen LogP contribution < -0.4 is 5.73 Å². The minimum absolute atomic E-state index is 0.304. The molecule has 1 aliphatic heterocycles. The topological polar surface area (TPSA) is 68.5 Å². The van der Waals surface area contributed by atoms with Crippen molar-refractivity contribution in [1.29, 1.82) is 0 Å². The molecule has 3 fully saturated rings. The molecule has 1 amide bonds. The minimum Gasteiger partial charge on any atom is -0.373 e. The number of ether oxygens (including phenoxy) is 1. The fraction of sp³-hybridized carbons (Fsp3) is 0.700. The van der Waals surface area contributed by atoms with Gasteiger partial charge in [0.05, 0.1) is 0 Å². The molecule has 0 aromatic carbocycles. The molecule has 1 aromatic rings. The van der Waals surface area contributed by atoms with Crippen LogP contribution in [0.25, 0.3) is 0 Å². The molecule has 136 valence electrons. The van der Waals surface area contributed by atoms with E-state index in [4.69, 9.17) is 10.5 Å². The van der Waals surface area contributed by atoms with Gasteiger partial charge in [0.2, 0.25) is 0 Å². The number of fused-ring (bicyclic) bond motifs is 2. The second kappa shape index (κ2) is 6.69. The Morgan fingerprint density at radius 1 is 1.32 bits per heavy atom. The van der Waals surface area contributed by atoms with Crippen LogP contribution in [0.1, 0.15) is 54.6 Å². The van der Waals surface area contributed by atoms with E-state index < -0.39 is 5.91 Å². The Labute approximate surface area is 149 Å². The van der Waals surface area contributed by atoms with E-state index in [9.17, 15) is 4.79 Å². The predicted octanol–water partition coefficient (Wildman–Crippen LogP) is 2.55. The highest BCUT2D eigenvalue weighted by Crippen LogP contribution is 2.51. The summed E-state index contributed by atoms with van der Waals surface area (Å²) >= 11 is 0. The molecule has 2 saturated carbocycles. The summed E-state index contributed by atoms with van der Waals surface area (Å²) in [5.74, 6) is 1.44. The van der Waals surface area contributed by atoms with Crippen molar-refractivity contribution in [3.8, 4) is 0 Å². The van der Waals surface area contributed by atoms with Gasteiger partial charge >= 0.3 is 0 Å². The van der Waals surface area contributed by atoms with Gasteiger partial charge in [-0.25, -0.2) is 0 Å². The number of carbonyl (C=O) groups excluding carboxylic acids is 1. The normalized spacial score (nSPS) is 32.5. The number of nitrogens with zero attached hydrogens (tertiary/aromatic N) is 2. The van der Waals surface area contributed by atoms with Gasteiger partial charge in [0, 0.05) is 38.2 Å². The molecule has 2 unspecified atom stereocenters. The van der Waals surface area contributed by atoms with E-state index in [2.05, 4.69) is 9.88 Å². The van der Waals surface area contributed by atoms with E-state index in [-0.39, 0.29) is 5.60 Å². The molecule has 2 heterocycles. The van der Waals surface area contributed by atoms with Crippen LogP contribution in [0.15, 0.2) is 18.3 Å². The van der Waals surface area contributed by atoms with Crippen molar-refractivity contribution in [1.82, 2.24) is 9.88 Å². The molecule has 2 aliphatic carbocycles. The molecule has 2 N–H and O–H groups in total. The number of aromatic nitrogens is 1. The zero-order valence-corrected chi connectivity index (χ0v) is 15.1. The van der Waals surface area contributed by atoms with Gasteiger partial charge in [-0.15, -0.1) is 0 Å². The summed E-state index contributed by atoms with van der Waals surface area (Å²) in [6.45, 7) is 3.40. The standard InChI is InChI=1S/C20H29N3O2/c1-25-20(15-7-9-22-18(11-15)19(21)24)16-3-2-4-17(20)13-23(12-16)10-8-14-5-6-14/h7,9,11,14,16-17H,2-6,8,10,12-13H2,1H3,(H2,21,24). The molecular weight excluding hydrogens is 314 g/mol. The van der Waals surface area contributed by atoms with Gasteiger partial charge in [0.25, 0.3) is 5.91 Å². The lowest BCUT2D eigenvalue weighted by Gasteiger charge is -2.55. The van der Waals surface area contributed by atoms with Crippen LogP contribution in [0.3, 0.4) is 0 Å². The van der Waals surface area contributed by atoms with Crippen LogP contribution in [-0.4, -0.2) is 42.5 Å². The average molecular weight is 343 g/mol. The summed E-state index contributed by atoms with van der Waals surface area (Å²) in [4.78, 5) is 18.4. The number of amides is 1. The first-order chi connectivity index (χ1) is 12.1. The van der Waals surface area contributed by atoms with Crippen LogP contribution >= 0.6 is 0 Å². The van der Waals surface area contributed by atoms with Gasteiger partial charge in [-0.05, 0) is 49.4 Å². The van der Waals surface area contributed by atoms with Crippen LogP contribution in [-0.2, 0) is 10.3 Å². The van der Waals surface area contributed by atoms with Crippen LogP contribution in [0, 0.1) is 17.8 Å². The van der Waals surface area contributed by atoms with E-state index in [1.54, 1.807) is 6.20 Å². The Morgan fingerprint density at radius 3 is 2.64 bits per heavy atom. The molecule has 5 heteroatoms. The summed E-state index contributed by atoms with van der Waals surface area (Å²) < 4.78 is 6.25. The summed E-state index contributed by atoms with van der Waals surface area (Å²) in [5.41, 5.74) is 6.57. The number of carbonyl (C=O) groups is 1. The molecular formula is C20H29N3O2. The van der Waals surface area contributed by atoms with Crippen molar-refractivity contribution in [2.75, 3.05) is 26.7 Å². The van der Waals surface area contributed by atoms with Crippen molar-refractivity contribution in [2.24, 2.45) is 23.5 Å². The Balaban J connectivity index is 1.61. The second-order valence-corrected chi connectivity index (χ2v) is 8.11. The van der Waals surface area contributed by atoms with E-state index >= 15 is 0 Å². The molecule has 1 saturated heterocycles. The Kier molecular flexibility index (Phi) is 4.54. The fourth-order valence-corrected chi connectivity index (χ4v) is 5.21. The number of pyridine rings is 1. The molecule has 2 atom stereocenters. The number of likely N-dealkylation sites (tertiary alicyclic amines) is 1. The van der Waals surface area contributed by atoms with Gasteiger partial charge in [-0.3, -0.25) is 9.78 Å². The van der Waals surface area contributed by atoms with Gasteiger partial charge in [0.15, 0.2) is 0 Å². The minimum atomic E-state index is -0.472. The van der Waals surface area contributed by atoms with E-state index in [1.807, 2.05) is 19.2 Å². The third-order valence-electron chi connectivity index (χ3n) is 6.63. The largest absolute Gasteiger partial charge is 0.373 e. The highest BCUT2D eigenvalue weighted by molar-refractivity contribution is 5.90. The molecule has 0 radical (unpaired) electrons. The van der Waals surface area contributed by atoms with E-state index in [0.29, 0.717) is 17.5 Å². The third kappa shape index (κ3) is 3.08. The Morgan fingerprint density at radius 2 is 2.04 bits per heavy atom. The number of rotatable bonds is 6. The summed E-state index contributed by atoms with van der Waals surface area (Å²) in [5, 5.41) is 0. The van der Waals surface area contributed by atoms with Crippen molar-refractivity contribution >= 4 is 5.91 Å². The molecule has 4 rings (SSSR count). The Hall–Kier alpha value is -1.46. The summed E-state index contributed by atoms with van der Waals surface area (Å²) in [6.07, 6.45) is 9.53. The molecule has 5 nitrogen and oxygen atoms in total. The average Bonchev–Trinajstić information content (AvgIpc) is 3.43. The van der Waals surface area contributed by atoms with Crippen LogP contribution in [0.2, 0.25) is 0 Å². The molecule has 3 aliphatic rings. The second-order valence-electron chi connectivity index (χ2n) is 8.11. The van der Waals surface area contributed by atoms with Crippen LogP contribution in [0.5, 0.6) is 0 Å². The molecule has 0 spiro atoms. The van der Waals surface area contributed by atoms with Crippen molar-refractivity contribution < 1.29 is 9.53 Å². The number of primary amides is 1. The quantitative estimate of drug-likeness (QED) is 0.862. The summed E-state index contributed by atoms with van der Waals surface area (Å²) in [6, 6.07) is 3.87. The number of piperidine rings is 1. The van der Waals surface area contributed by atoms with Gasteiger partial charge < -0.3 is 15.4 Å². The maximum absolute atomic E-state index is 11.6. The van der Waals surface area contributed by atoms with E-state index in [1.165, 1.54) is 45.1 Å². The zero-order chi connectivity index (χ0) is 17.4. The number of methoxy groups -OCH3 is 1. The van der Waals surface area contributed by atoms with Gasteiger partial charge in [-0.1, -0.05) is 19.3 Å². The lowest BCUT2D eigenvalue weighted by Crippen LogP contribution is -2.59.